The highest BCUT2D eigenvalue weighted by molar-refractivity contribution is 6.76. The van der Waals surface area contributed by atoms with E-state index in [2.05, 4.69) is 0 Å². The fraction of sp³-hybridized carbons (Fsp3) is 0.846. The number of carbonyl (C=O) groups excluding carboxylic acids is 1. The van der Waals surface area contributed by atoms with Crippen LogP contribution in [0.4, 0.5) is 0 Å². The molecule has 8 heteroatoms. The average molecular weight is 361 g/mol. The highest BCUT2D eigenvalue weighted by Crippen LogP contribution is 2.37. The first-order chi connectivity index (χ1) is 9.54. The summed E-state index contributed by atoms with van der Waals surface area (Å²) in [7, 11) is 0. The van der Waals surface area contributed by atoms with Gasteiger partial charge < -0.3 is 14.2 Å². The van der Waals surface area contributed by atoms with Crippen LogP contribution in [0.1, 0.15) is 27.7 Å². The number of alkyl halides is 3. The van der Waals surface area contributed by atoms with Crippen LogP contribution < -0.4 is 0 Å². The van der Waals surface area contributed by atoms with Gasteiger partial charge in [0, 0.05) is 12.8 Å². The van der Waals surface area contributed by atoms with Crippen LogP contribution >= 0.6 is 34.8 Å². The quantitative estimate of drug-likeness (QED) is 0.362. The van der Waals surface area contributed by atoms with Crippen molar-refractivity contribution in [2.24, 2.45) is 17.8 Å². The molecular formula is C13H20Cl3NO4. The zero-order valence-electron chi connectivity index (χ0n) is 12.4. The number of hydrogen-bond donors (Lipinski definition) is 1. The van der Waals surface area contributed by atoms with E-state index < -0.39 is 16.0 Å². The van der Waals surface area contributed by atoms with E-state index in [4.69, 9.17) is 54.4 Å². The van der Waals surface area contributed by atoms with Gasteiger partial charge in [-0.05, 0) is 11.8 Å². The Kier molecular flexibility index (Phi) is 6.59. The maximum absolute atomic E-state index is 10.9. The van der Waals surface area contributed by atoms with E-state index in [9.17, 15) is 4.79 Å². The highest BCUT2D eigenvalue weighted by atomic mass is 35.6. The summed E-state index contributed by atoms with van der Waals surface area (Å²) in [5.74, 6) is -0.462. The van der Waals surface area contributed by atoms with E-state index in [0.717, 1.165) is 0 Å². The minimum Gasteiger partial charge on any atom is -0.463 e. The molecule has 0 aromatic heterocycles. The molecule has 2 unspecified atom stereocenters. The summed E-state index contributed by atoms with van der Waals surface area (Å²) < 4.78 is 14.2. The van der Waals surface area contributed by atoms with Gasteiger partial charge >= 0.3 is 5.97 Å². The minimum absolute atomic E-state index is 0.00118. The molecule has 1 N–H and O–H groups in total. The molecule has 5 atom stereocenters. The van der Waals surface area contributed by atoms with Crippen LogP contribution in [0.3, 0.4) is 0 Å². The molecule has 1 heterocycles. The largest absolute Gasteiger partial charge is 0.463 e. The summed E-state index contributed by atoms with van der Waals surface area (Å²) in [6.07, 6.45) is -1.05. The number of nitrogens with one attached hydrogen (secondary N) is 1. The van der Waals surface area contributed by atoms with Gasteiger partial charge in [0.25, 0.3) is 3.79 Å². The van der Waals surface area contributed by atoms with E-state index in [0.29, 0.717) is 0 Å². The van der Waals surface area contributed by atoms with E-state index in [-0.39, 0.29) is 36.4 Å². The smallest absolute Gasteiger partial charge is 0.302 e. The maximum Gasteiger partial charge on any atom is 0.302 e. The van der Waals surface area contributed by atoms with Gasteiger partial charge in [-0.25, -0.2) is 0 Å². The van der Waals surface area contributed by atoms with Crippen LogP contribution in [0, 0.1) is 23.2 Å². The molecule has 21 heavy (non-hydrogen) atoms. The summed E-state index contributed by atoms with van der Waals surface area (Å²) in [4.78, 5) is 10.9. The number of halogens is 3. The average Bonchev–Trinajstić information content (AvgIpc) is 2.36. The molecule has 0 bridgehead atoms. The molecule has 1 rings (SSSR count). The predicted molar refractivity (Wildman–Crippen MR) is 81.9 cm³/mol. The van der Waals surface area contributed by atoms with Crippen molar-refractivity contribution in [2.75, 3.05) is 6.61 Å². The number of ether oxygens (including phenoxy) is 3. The number of esters is 1. The van der Waals surface area contributed by atoms with Gasteiger partial charge in [0.05, 0.1) is 6.10 Å². The molecule has 1 fully saturated rings. The summed E-state index contributed by atoms with van der Waals surface area (Å²) in [5.41, 5.74) is 0. The number of carbonyl (C=O) groups is 1. The lowest BCUT2D eigenvalue weighted by Crippen LogP contribution is -2.49. The van der Waals surface area contributed by atoms with Gasteiger partial charge in [-0.2, -0.15) is 0 Å². The van der Waals surface area contributed by atoms with Gasteiger partial charge in [-0.15, -0.1) is 0 Å². The topological polar surface area (TPSA) is 68.6 Å². The zero-order valence-corrected chi connectivity index (χ0v) is 14.6. The van der Waals surface area contributed by atoms with Crippen molar-refractivity contribution in [3.05, 3.63) is 0 Å². The van der Waals surface area contributed by atoms with Crippen molar-refractivity contribution in [3.63, 3.8) is 0 Å². The normalized spacial score (nSPS) is 33.4. The van der Waals surface area contributed by atoms with Crippen molar-refractivity contribution in [3.8, 4) is 0 Å². The first-order valence-electron chi connectivity index (χ1n) is 6.65. The first-order valence-corrected chi connectivity index (χ1v) is 7.78. The zero-order chi connectivity index (χ0) is 16.4. The molecule has 0 radical (unpaired) electrons. The molecule has 0 spiro atoms. The Morgan fingerprint density at radius 1 is 1.19 bits per heavy atom. The SMILES string of the molecule is CC(=O)OCC1O[C@H](OC(=N)C(Cl)(Cl)Cl)C(C)[C@@H](C)[C@H]1C. The summed E-state index contributed by atoms with van der Waals surface area (Å²) in [6.45, 7) is 7.49. The monoisotopic (exact) mass is 359 g/mol. The Bertz CT molecular complexity index is 399. The first kappa shape index (κ1) is 18.8. The Balaban J connectivity index is 2.75. The second kappa shape index (κ2) is 7.36. The second-order valence-corrected chi connectivity index (χ2v) is 7.65. The van der Waals surface area contributed by atoms with E-state index in [1.807, 2.05) is 20.8 Å². The summed E-state index contributed by atoms with van der Waals surface area (Å²) >= 11 is 16.8. The van der Waals surface area contributed by atoms with E-state index in [1.165, 1.54) is 6.92 Å². The van der Waals surface area contributed by atoms with Crippen molar-refractivity contribution in [1.29, 1.82) is 5.41 Å². The van der Waals surface area contributed by atoms with Crippen LogP contribution in [0.2, 0.25) is 0 Å². The lowest BCUT2D eigenvalue weighted by molar-refractivity contribution is -0.228. The molecule has 0 saturated carbocycles. The highest BCUT2D eigenvalue weighted by Gasteiger charge is 2.42. The van der Waals surface area contributed by atoms with Crippen molar-refractivity contribution in [1.82, 2.24) is 0 Å². The lowest BCUT2D eigenvalue weighted by Gasteiger charge is -2.43. The molecule has 0 aromatic carbocycles. The number of rotatable bonds is 3. The van der Waals surface area contributed by atoms with Crippen molar-refractivity contribution < 1.29 is 19.0 Å². The van der Waals surface area contributed by atoms with Crippen LogP contribution in [0.25, 0.3) is 0 Å². The van der Waals surface area contributed by atoms with Gasteiger partial charge in [0.1, 0.15) is 6.61 Å². The molecule has 1 saturated heterocycles. The molecule has 1 aliphatic heterocycles. The predicted octanol–water partition coefficient (Wildman–Crippen LogP) is 3.55. The van der Waals surface area contributed by atoms with Crippen LogP contribution in [0.15, 0.2) is 0 Å². The standard InChI is InChI=1S/C13H20Cl3NO4/c1-6-7(2)10(5-19-9(4)18)20-11(8(6)3)21-12(17)13(14,15)16/h6-8,10-11,17H,5H2,1-4H3/t6-,7+,8?,10?,11+/m0/s1. The van der Waals surface area contributed by atoms with Gasteiger partial charge in [0.15, 0.2) is 0 Å². The third-order valence-corrected chi connectivity index (χ3v) is 4.44. The van der Waals surface area contributed by atoms with E-state index >= 15 is 0 Å². The third kappa shape index (κ3) is 5.16. The van der Waals surface area contributed by atoms with Crippen molar-refractivity contribution in [2.45, 2.75) is 43.9 Å². The van der Waals surface area contributed by atoms with Crippen LogP contribution in [-0.2, 0) is 19.0 Å². The molecule has 0 amide bonds. The van der Waals surface area contributed by atoms with E-state index in [1.54, 1.807) is 0 Å². The van der Waals surface area contributed by atoms with Crippen LogP contribution in [-0.4, -0.2) is 34.7 Å². The second-order valence-electron chi connectivity index (χ2n) is 5.37. The lowest BCUT2D eigenvalue weighted by atomic mass is 9.79. The Labute approximate surface area is 139 Å². The fourth-order valence-corrected chi connectivity index (χ4v) is 2.33. The summed E-state index contributed by atoms with van der Waals surface area (Å²) in [6, 6.07) is 0. The molecular weight excluding hydrogens is 341 g/mol. The number of hydrogen-bond acceptors (Lipinski definition) is 5. The Hall–Kier alpha value is -0.230. The molecule has 5 nitrogen and oxygen atoms in total. The van der Waals surface area contributed by atoms with Crippen LogP contribution in [0.5, 0.6) is 0 Å². The molecule has 0 aromatic rings. The van der Waals surface area contributed by atoms with Gasteiger partial charge in [-0.3, -0.25) is 10.2 Å². The van der Waals surface area contributed by atoms with Gasteiger partial charge in [-0.1, -0.05) is 55.6 Å². The van der Waals surface area contributed by atoms with Gasteiger partial charge in [0.2, 0.25) is 12.2 Å². The van der Waals surface area contributed by atoms with Crippen molar-refractivity contribution >= 4 is 46.7 Å². The Morgan fingerprint density at radius 2 is 1.76 bits per heavy atom. The summed E-state index contributed by atoms with van der Waals surface area (Å²) in [5, 5.41) is 7.64. The fourth-order valence-electron chi connectivity index (χ4n) is 2.19. The molecule has 0 aliphatic carbocycles. The Morgan fingerprint density at radius 3 is 2.24 bits per heavy atom. The molecule has 122 valence electrons. The maximum atomic E-state index is 10.9. The molecule has 1 aliphatic rings. The minimum atomic E-state index is -1.93. The third-order valence-electron chi connectivity index (χ3n) is 3.93.